The van der Waals surface area contributed by atoms with Crippen LogP contribution < -0.4 is 10.8 Å². The van der Waals surface area contributed by atoms with Gasteiger partial charge in [0.2, 0.25) is 0 Å². The molecule has 0 atom stereocenters. The third-order valence-corrected chi connectivity index (χ3v) is 3.81. The lowest BCUT2D eigenvalue weighted by molar-refractivity contribution is 0.100. The molecule has 4 nitrogen and oxygen atoms in total. The predicted molar refractivity (Wildman–Crippen MR) is 82.5 cm³/mol. The van der Waals surface area contributed by atoms with Crippen LogP contribution in [0.3, 0.4) is 0 Å². The molecule has 0 bridgehead atoms. The van der Waals surface area contributed by atoms with E-state index in [1.807, 2.05) is 13.8 Å². The molecule has 0 saturated heterocycles. The average molecular weight is 317 g/mol. The highest BCUT2D eigenvalue weighted by Crippen LogP contribution is 2.30. The lowest BCUT2D eigenvalue weighted by Crippen LogP contribution is -2.29. The van der Waals surface area contributed by atoms with Gasteiger partial charge in [-0.25, -0.2) is 8.78 Å². The van der Waals surface area contributed by atoms with Crippen LogP contribution in [0.2, 0.25) is 0 Å². The fourth-order valence-electron chi connectivity index (χ4n) is 2.67. The van der Waals surface area contributed by atoms with Crippen molar-refractivity contribution in [2.75, 3.05) is 5.32 Å². The minimum atomic E-state index is -1.08. The third kappa shape index (κ3) is 2.85. The summed E-state index contributed by atoms with van der Waals surface area (Å²) in [5.74, 6) is -2.39. The Balaban J connectivity index is 1.87. The van der Waals surface area contributed by atoms with Crippen LogP contribution in [0, 0.1) is 11.6 Å². The van der Waals surface area contributed by atoms with Crippen LogP contribution in [0.5, 0.6) is 0 Å². The molecule has 2 aromatic rings. The van der Waals surface area contributed by atoms with Gasteiger partial charge in [0, 0.05) is 11.8 Å². The zero-order valence-electron chi connectivity index (χ0n) is 12.6. The van der Waals surface area contributed by atoms with Crippen LogP contribution in [-0.2, 0) is 10.3 Å². The van der Waals surface area contributed by atoms with E-state index in [0.717, 1.165) is 17.7 Å². The van der Waals surface area contributed by atoms with Gasteiger partial charge in [-0.2, -0.15) is 0 Å². The van der Waals surface area contributed by atoms with E-state index < -0.39 is 30.3 Å². The van der Waals surface area contributed by atoms with E-state index in [9.17, 15) is 18.6 Å². The van der Waals surface area contributed by atoms with Crippen molar-refractivity contribution in [1.29, 1.82) is 0 Å². The average Bonchev–Trinajstić information content (AvgIpc) is 2.68. The first kappa shape index (κ1) is 15.6. The summed E-state index contributed by atoms with van der Waals surface area (Å²) < 4.78 is 32.0. The fraction of sp³-hybridized carbons (Fsp3) is 0.188. The number of rotatable bonds is 2. The summed E-state index contributed by atoms with van der Waals surface area (Å²) >= 11 is 0. The Hall–Kier alpha value is -2.25. The second-order valence-electron chi connectivity index (χ2n) is 5.86. The van der Waals surface area contributed by atoms with Crippen molar-refractivity contribution in [3.8, 4) is 0 Å². The highest BCUT2D eigenvalue weighted by Gasteiger charge is 2.40. The lowest BCUT2D eigenvalue weighted by atomic mass is 9.78. The van der Waals surface area contributed by atoms with Crippen LogP contribution >= 0.6 is 0 Å². The molecule has 7 heteroatoms. The van der Waals surface area contributed by atoms with Gasteiger partial charge in [-0.15, -0.1) is 0 Å². The number of anilines is 1. The Labute approximate surface area is 132 Å². The number of hydrogen-bond acceptors (Lipinski definition) is 3. The molecule has 0 aliphatic carbocycles. The molecule has 1 heterocycles. The Morgan fingerprint density at radius 1 is 1.22 bits per heavy atom. The normalized spacial score (nSPS) is 15.4. The first-order valence-electron chi connectivity index (χ1n) is 7.04. The second kappa shape index (κ2) is 5.44. The van der Waals surface area contributed by atoms with Gasteiger partial charge in [0.15, 0.2) is 0 Å². The first-order chi connectivity index (χ1) is 10.8. The number of halogens is 2. The molecule has 0 unspecified atom stereocenters. The van der Waals surface area contributed by atoms with E-state index in [1.54, 1.807) is 18.2 Å². The predicted octanol–water partition coefficient (Wildman–Crippen LogP) is 2.17. The Bertz CT molecular complexity index is 795. The van der Waals surface area contributed by atoms with Crippen molar-refractivity contribution in [2.24, 2.45) is 0 Å². The molecular weight excluding hydrogens is 303 g/mol. The summed E-state index contributed by atoms with van der Waals surface area (Å²) in [5.41, 5.74) is 0.866. The van der Waals surface area contributed by atoms with Gasteiger partial charge in [0.1, 0.15) is 11.6 Å². The molecule has 0 fully saturated rings. The minimum absolute atomic E-state index is 0.260. The van der Waals surface area contributed by atoms with Gasteiger partial charge in [-0.1, -0.05) is 6.07 Å². The molecule has 1 amide bonds. The zero-order valence-corrected chi connectivity index (χ0v) is 12.6. The van der Waals surface area contributed by atoms with Crippen LogP contribution in [0.25, 0.3) is 0 Å². The van der Waals surface area contributed by atoms with Gasteiger partial charge in [0.05, 0.1) is 11.2 Å². The van der Waals surface area contributed by atoms with Crippen molar-refractivity contribution in [3.63, 3.8) is 0 Å². The maximum Gasteiger partial charge on any atom is 0.492 e. The summed E-state index contributed by atoms with van der Waals surface area (Å²) in [5, 5.41) is 12.5. The van der Waals surface area contributed by atoms with Gasteiger partial charge < -0.3 is 15.0 Å². The topological polar surface area (TPSA) is 58.6 Å². The summed E-state index contributed by atoms with van der Waals surface area (Å²) in [7, 11) is -1.08. The molecule has 2 N–H and O–H groups in total. The Kier molecular flexibility index (Phi) is 3.70. The van der Waals surface area contributed by atoms with E-state index in [4.69, 9.17) is 4.65 Å². The molecule has 1 aliphatic heterocycles. The number of fused-ring (bicyclic) bond motifs is 1. The number of nitrogens with one attached hydrogen (secondary N) is 1. The second-order valence-corrected chi connectivity index (χ2v) is 5.86. The number of amides is 1. The monoisotopic (exact) mass is 317 g/mol. The van der Waals surface area contributed by atoms with Gasteiger partial charge in [-0.3, -0.25) is 4.79 Å². The van der Waals surface area contributed by atoms with Gasteiger partial charge in [-0.05, 0) is 49.1 Å². The van der Waals surface area contributed by atoms with Crippen LogP contribution in [0.4, 0.5) is 14.5 Å². The largest absolute Gasteiger partial charge is 0.492 e. The highest BCUT2D eigenvalue weighted by molar-refractivity contribution is 6.62. The number of carbonyl (C=O) groups excluding carboxylic acids is 1. The summed E-state index contributed by atoms with van der Waals surface area (Å²) in [6.07, 6.45) is 0. The number of hydrogen-bond donors (Lipinski definition) is 2. The molecule has 23 heavy (non-hydrogen) atoms. The standard InChI is InChI=1S/C16H14BF2NO3/c1-16(2)12-6-4-10(8-13(12)17(22)23-16)20-15(21)11-5-3-9(18)7-14(11)19/h3-8,22H,1-2H3,(H,20,21). The molecule has 0 saturated carbocycles. The quantitative estimate of drug-likeness (QED) is 0.835. The third-order valence-electron chi connectivity index (χ3n) is 3.81. The summed E-state index contributed by atoms with van der Waals surface area (Å²) in [6, 6.07) is 7.70. The molecule has 1 aliphatic rings. The fourth-order valence-corrected chi connectivity index (χ4v) is 2.67. The minimum Gasteiger partial charge on any atom is -0.423 e. The van der Waals surface area contributed by atoms with Crippen molar-refractivity contribution < 1.29 is 23.3 Å². The maximum atomic E-state index is 13.6. The van der Waals surface area contributed by atoms with Crippen LogP contribution in [-0.4, -0.2) is 18.0 Å². The van der Waals surface area contributed by atoms with E-state index in [0.29, 0.717) is 17.2 Å². The molecule has 118 valence electrons. The summed E-state index contributed by atoms with van der Waals surface area (Å²) in [4.78, 5) is 12.1. The lowest BCUT2D eigenvalue weighted by Gasteiger charge is -2.19. The molecule has 2 aromatic carbocycles. The van der Waals surface area contributed by atoms with E-state index in [1.165, 1.54) is 0 Å². The van der Waals surface area contributed by atoms with Crippen LogP contribution in [0.15, 0.2) is 36.4 Å². The smallest absolute Gasteiger partial charge is 0.423 e. The molecule has 3 rings (SSSR count). The SMILES string of the molecule is CC1(C)OB(O)c2cc(NC(=O)c3ccc(F)cc3F)ccc21. The Morgan fingerprint density at radius 2 is 1.96 bits per heavy atom. The van der Waals surface area contributed by atoms with Crippen molar-refractivity contribution in [1.82, 2.24) is 0 Å². The molecule has 0 radical (unpaired) electrons. The van der Waals surface area contributed by atoms with E-state index in [2.05, 4.69) is 5.32 Å². The number of carbonyl (C=O) groups is 1. The van der Waals surface area contributed by atoms with Crippen molar-refractivity contribution in [2.45, 2.75) is 19.4 Å². The number of benzene rings is 2. The van der Waals surface area contributed by atoms with Crippen molar-refractivity contribution >= 4 is 24.2 Å². The first-order valence-corrected chi connectivity index (χ1v) is 7.04. The van der Waals surface area contributed by atoms with E-state index >= 15 is 0 Å². The van der Waals surface area contributed by atoms with E-state index in [-0.39, 0.29) is 5.56 Å². The maximum absolute atomic E-state index is 13.6. The zero-order chi connectivity index (χ0) is 16.8. The van der Waals surface area contributed by atoms with Gasteiger partial charge in [0.25, 0.3) is 5.91 Å². The Morgan fingerprint density at radius 3 is 2.65 bits per heavy atom. The molecule has 0 aromatic heterocycles. The molecule has 0 spiro atoms. The highest BCUT2D eigenvalue weighted by atomic mass is 19.1. The van der Waals surface area contributed by atoms with Crippen molar-refractivity contribution in [3.05, 3.63) is 59.2 Å². The van der Waals surface area contributed by atoms with Gasteiger partial charge >= 0.3 is 7.12 Å². The van der Waals surface area contributed by atoms with Crippen LogP contribution in [0.1, 0.15) is 29.8 Å². The molecular formula is C16H14BF2NO3. The summed E-state index contributed by atoms with van der Waals surface area (Å²) in [6.45, 7) is 3.66.